The number of amides is 3. The van der Waals surface area contributed by atoms with Crippen molar-refractivity contribution in [3.63, 3.8) is 0 Å². The summed E-state index contributed by atoms with van der Waals surface area (Å²) >= 11 is 0. The van der Waals surface area contributed by atoms with Gasteiger partial charge in [0.15, 0.2) is 0 Å². The summed E-state index contributed by atoms with van der Waals surface area (Å²) in [6.07, 6.45) is 7.18. The Labute approximate surface area is 269 Å². The van der Waals surface area contributed by atoms with Crippen molar-refractivity contribution in [3.05, 3.63) is 71.9 Å². The minimum absolute atomic E-state index is 0.00348. The molecule has 3 aromatic rings. The Kier molecular flexibility index (Phi) is 9.33. The lowest BCUT2D eigenvalue weighted by molar-refractivity contribution is -0.137. The Bertz CT molecular complexity index is 1540. The molecule has 2 atom stereocenters. The monoisotopic (exact) mass is 628 g/mol. The molecule has 4 saturated carbocycles. The molecule has 5 N–H and O–H groups in total. The third-order valence-corrected chi connectivity index (χ3v) is 10.2. The first-order chi connectivity index (χ1) is 22.1. The summed E-state index contributed by atoms with van der Waals surface area (Å²) in [7, 11) is 0. The van der Waals surface area contributed by atoms with E-state index in [4.69, 9.17) is 9.84 Å². The maximum Gasteiger partial charge on any atom is 0.408 e. The molecule has 4 bridgehead atoms. The zero-order valence-corrected chi connectivity index (χ0v) is 26.3. The van der Waals surface area contributed by atoms with Crippen LogP contribution in [0.3, 0.4) is 0 Å². The molecule has 2 unspecified atom stereocenters. The molecule has 0 radical (unpaired) electrons. The highest BCUT2D eigenvalue weighted by Gasteiger charge is 2.50. The predicted molar refractivity (Wildman–Crippen MR) is 173 cm³/mol. The van der Waals surface area contributed by atoms with E-state index in [2.05, 4.69) is 20.9 Å². The second-order valence-electron chi connectivity index (χ2n) is 13.9. The van der Waals surface area contributed by atoms with Crippen molar-refractivity contribution in [2.75, 3.05) is 6.54 Å². The van der Waals surface area contributed by atoms with Crippen LogP contribution in [0.1, 0.15) is 63.0 Å². The molecule has 46 heavy (non-hydrogen) atoms. The Morgan fingerprint density at radius 2 is 1.63 bits per heavy atom. The number of carbonyl (C=O) groups is 4. The molecule has 1 heterocycles. The number of rotatable bonds is 13. The van der Waals surface area contributed by atoms with Gasteiger partial charge in [-0.2, -0.15) is 0 Å². The number of alkyl carbamates (subject to hydrolysis) is 1. The third-order valence-electron chi connectivity index (χ3n) is 10.2. The van der Waals surface area contributed by atoms with Crippen molar-refractivity contribution in [1.82, 2.24) is 20.9 Å². The highest BCUT2D eigenvalue weighted by Crippen LogP contribution is 2.54. The van der Waals surface area contributed by atoms with Gasteiger partial charge in [0.25, 0.3) is 0 Å². The fraction of sp³-hybridized carbons (Fsp3) is 0.500. The number of fused-ring (bicyclic) bond motifs is 1. The van der Waals surface area contributed by atoms with Crippen molar-refractivity contribution in [2.24, 2.45) is 23.7 Å². The molecule has 244 valence electrons. The molecule has 4 fully saturated rings. The van der Waals surface area contributed by atoms with E-state index < -0.39 is 29.6 Å². The van der Waals surface area contributed by atoms with Crippen molar-refractivity contribution in [2.45, 2.75) is 82.4 Å². The SMILES string of the molecule is CC(Cc1c[nH]c2ccccc12)(NC(=O)OC1C2CC3CC(C2)CC1C3)C(=O)NC(CC(=O)NCCC(=O)O)Cc1ccccc1. The Morgan fingerprint density at radius 3 is 2.33 bits per heavy atom. The Balaban J connectivity index is 1.21. The van der Waals surface area contributed by atoms with E-state index in [0.29, 0.717) is 18.3 Å². The van der Waals surface area contributed by atoms with Gasteiger partial charge in [-0.3, -0.25) is 14.4 Å². The van der Waals surface area contributed by atoms with Gasteiger partial charge < -0.3 is 30.8 Å². The molecule has 0 aliphatic heterocycles. The fourth-order valence-electron chi connectivity index (χ4n) is 8.31. The van der Waals surface area contributed by atoms with Gasteiger partial charge in [-0.1, -0.05) is 48.5 Å². The lowest BCUT2D eigenvalue weighted by Gasteiger charge is -2.53. The van der Waals surface area contributed by atoms with Gasteiger partial charge >= 0.3 is 12.1 Å². The minimum Gasteiger partial charge on any atom is -0.481 e. The third kappa shape index (κ3) is 7.37. The van der Waals surface area contributed by atoms with Crippen LogP contribution in [-0.2, 0) is 32.0 Å². The molecular weight excluding hydrogens is 584 g/mol. The van der Waals surface area contributed by atoms with Crippen LogP contribution in [0.5, 0.6) is 0 Å². The normalized spacial score (nSPS) is 24.9. The van der Waals surface area contributed by atoms with Gasteiger partial charge in [-0.05, 0) is 86.3 Å². The highest BCUT2D eigenvalue weighted by molar-refractivity contribution is 5.92. The first-order valence-corrected chi connectivity index (χ1v) is 16.5. The minimum atomic E-state index is -1.40. The molecule has 2 aromatic carbocycles. The molecule has 4 aliphatic carbocycles. The Morgan fingerprint density at radius 1 is 0.957 bits per heavy atom. The van der Waals surface area contributed by atoms with Crippen LogP contribution < -0.4 is 16.0 Å². The van der Waals surface area contributed by atoms with Gasteiger partial charge in [0.2, 0.25) is 11.8 Å². The molecule has 10 nitrogen and oxygen atoms in total. The maximum absolute atomic E-state index is 14.3. The average molecular weight is 629 g/mol. The van der Waals surface area contributed by atoms with Gasteiger partial charge in [-0.25, -0.2) is 4.79 Å². The molecule has 0 spiro atoms. The number of para-hydroxylation sites is 1. The number of aromatic nitrogens is 1. The van der Waals surface area contributed by atoms with Crippen molar-refractivity contribution >= 4 is 34.8 Å². The first-order valence-electron chi connectivity index (χ1n) is 16.5. The van der Waals surface area contributed by atoms with E-state index in [1.807, 2.05) is 60.8 Å². The summed E-state index contributed by atoms with van der Waals surface area (Å²) in [6, 6.07) is 16.7. The second kappa shape index (κ2) is 13.6. The van der Waals surface area contributed by atoms with E-state index in [1.54, 1.807) is 6.92 Å². The van der Waals surface area contributed by atoms with Crippen LogP contribution in [0.2, 0.25) is 0 Å². The largest absolute Gasteiger partial charge is 0.481 e. The number of hydrogen-bond acceptors (Lipinski definition) is 5. The Hall–Kier alpha value is -4.34. The number of nitrogens with one attached hydrogen (secondary N) is 4. The van der Waals surface area contributed by atoms with E-state index in [1.165, 1.54) is 6.42 Å². The number of hydrogen-bond donors (Lipinski definition) is 5. The molecule has 7 rings (SSSR count). The molecule has 4 aliphatic rings. The van der Waals surface area contributed by atoms with Gasteiger partial charge in [0.1, 0.15) is 11.6 Å². The zero-order chi connectivity index (χ0) is 32.3. The molecule has 3 amide bonds. The molecular formula is C36H44N4O6. The quantitative estimate of drug-likeness (QED) is 0.185. The molecule has 1 aromatic heterocycles. The molecule has 10 heteroatoms. The average Bonchev–Trinajstić information content (AvgIpc) is 3.41. The first kappa shape index (κ1) is 31.6. The summed E-state index contributed by atoms with van der Waals surface area (Å²) in [5, 5.41) is 18.6. The van der Waals surface area contributed by atoms with Crippen LogP contribution in [0.15, 0.2) is 60.8 Å². The van der Waals surface area contributed by atoms with Gasteiger partial charge in [-0.15, -0.1) is 0 Å². The number of benzene rings is 2. The van der Waals surface area contributed by atoms with Crippen LogP contribution in [0.4, 0.5) is 4.79 Å². The number of carboxylic acids is 1. The standard InChI is InChI=1S/C36H44N4O6/c1-36(20-27-21-38-30-10-6-5-9-29(27)30,40-35(45)46-33-25-14-23-13-24(16-25)17-26(33)15-23)34(44)39-28(18-22-7-3-2-4-8-22)19-31(41)37-12-11-32(42)43/h2-10,21,23-26,28,33,38H,11-20H2,1H3,(H,37,41)(H,39,44)(H,40,45)(H,42,43). The number of aliphatic carboxylic acids is 1. The number of carbonyl (C=O) groups excluding carboxylic acids is 3. The number of aromatic amines is 1. The van der Waals surface area contributed by atoms with Crippen molar-refractivity contribution < 1.29 is 29.0 Å². The fourth-order valence-corrected chi connectivity index (χ4v) is 8.31. The van der Waals surface area contributed by atoms with E-state index in [9.17, 15) is 19.2 Å². The number of carboxylic acid groups (broad SMARTS) is 1. The summed E-state index contributed by atoms with van der Waals surface area (Å²) in [5.74, 6) is 0.442. The summed E-state index contributed by atoms with van der Waals surface area (Å²) in [6.45, 7) is 1.70. The van der Waals surface area contributed by atoms with Crippen molar-refractivity contribution in [3.8, 4) is 0 Å². The molecule has 0 saturated heterocycles. The lowest BCUT2D eigenvalue weighted by atomic mass is 9.55. The van der Waals surface area contributed by atoms with E-state index in [-0.39, 0.29) is 37.8 Å². The van der Waals surface area contributed by atoms with Gasteiger partial charge in [0, 0.05) is 42.5 Å². The van der Waals surface area contributed by atoms with Crippen LogP contribution >= 0.6 is 0 Å². The van der Waals surface area contributed by atoms with Gasteiger partial charge in [0.05, 0.1) is 6.42 Å². The predicted octanol–water partition coefficient (Wildman–Crippen LogP) is 4.73. The summed E-state index contributed by atoms with van der Waals surface area (Å²) in [4.78, 5) is 55.0. The second-order valence-corrected chi connectivity index (χ2v) is 13.9. The lowest BCUT2D eigenvalue weighted by Crippen LogP contribution is -2.61. The zero-order valence-electron chi connectivity index (χ0n) is 26.3. The maximum atomic E-state index is 14.3. The van der Waals surface area contributed by atoms with E-state index in [0.717, 1.165) is 59.5 Å². The number of ether oxygens (including phenoxy) is 1. The number of H-pyrrole nitrogens is 1. The van der Waals surface area contributed by atoms with Crippen LogP contribution in [-0.4, -0.2) is 58.2 Å². The topological polar surface area (TPSA) is 150 Å². The van der Waals surface area contributed by atoms with E-state index >= 15 is 0 Å². The van der Waals surface area contributed by atoms with Crippen LogP contribution in [0.25, 0.3) is 10.9 Å². The summed E-state index contributed by atoms with van der Waals surface area (Å²) < 4.78 is 6.16. The van der Waals surface area contributed by atoms with Crippen LogP contribution in [0, 0.1) is 23.7 Å². The summed E-state index contributed by atoms with van der Waals surface area (Å²) in [5.41, 5.74) is 1.33. The smallest absolute Gasteiger partial charge is 0.408 e. The highest BCUT2D eigenvalue weighted by atomic mass is 16.6. The van der Waals surface area contributed by atoms with Crippen molar-refractivity contribution in [1.29, 1.82) is 0 Å².